The first kappa shape index (κ1) is 14.2. The molecule has 0 saturated heterocycles. The van der Waals surface area contributed by atoms with Crippen molar-refractivity contribution in [2.24, 2.45) is 23.7 Å². The van der Waals surface area contributed by atoms with Crippen LogP contribution in [-0.2, 0) is 0 Å². The Kier molecular flexibility index (Phi) is 4.62. The van der Waals surface area contributed by atoms with E-state index in [1.54, 1.807) is 0 Å². The zero-order chi connectivity index (χ0) is 12.5. The summed E-state index contributed by atoms with van der Waals surface area (Å²) in [5.74, 6) is 3.17. The molecule has 1 aliphatic rings. The highest BCUT2D eigenvalue weighted by Gasteiger charge is 2.40. The molecular formula is C14H27BS. The van der Waals surface area contributed by atoms with Gasteiger partial charge in [0.1, 0.15) is 7.85 Å². The normalized spacial score (nSPS) is 36.6. The van der Waals surface area contributed by atoms with Gasteiger partial charge in [-0.1, -0.05) is 51.6 Å². The van der Waals surface area contributed by atoms with E-state index in [4.69, 9.17) is 12.2 Å². The molecule has 0 N–H and O–H groups in total. The lowest BCUT2D eigenvalue weighted by Crippen LogP contribution is -2.19. The first-order chi connectivity index (χ1) is 7.23. The Labute approximate surface area is 108 Å². The standard InChI is InChI=1S/C14H27BS/c1-9(2)10(3)6-12-7-14(5,15)8-13(12)11(4)16/h9-10,12-13H,6-8,15H2,1-5H3. The maximum absolute atomic E-state index is 5.45. The zero-order valence-electron chi connectivity index (χ0n) is 11.8. The Morgan fingerprint density at radius 3 is 2.38 bits per heavy atom. The summed E-state index contributed by atoms with van der Waals surface area (Å²) >= 11 is 5.45. The molecule has 4 unspecified atom stereocenters. The van der Waals surface area contributed by atoms with Crippen molar-refractivity contribution in [3.63, 3.8) is 0 Å². The molecule has 2 heteroatoms. The highest BCUT2D eigenvalue weighted by Crippen LogP contribution is 2.51. The SMILES string of the molecule is BC1(C)CC(CC(C)C(C)C)C(C(C)=S)C1. The Balaban J connectivity index is 2.67. The monoisotopic (exact) mass is 238 g/mol. The molecule has 0 aromatic carbocycles. The van der Waals surface area contributed by atoms with Gasteiger partial charge in [0.05, 0.1) is 0 Å². The summed E-state index contributed by atoms with van der Waals surface area (Å²) in [6.07, 6.45) is 4.03. The topological polar surface area (TPSA) is 0 Å². The number of rotatable bonds is 4. The van der Waals surface area contributed by atoms with Gasteiger partial charge in [-0.25, -0.2) is 0 Å². The van der Waals surface area contributed by atoms with E-state index in [-0.39, 0.29) is 0 Å². The summed E-state index contributed by atoms with van der Waals surface area (Å²) in [7, 11) is 2.40. The third-order valence-electron chi connectivity index (χ3n) is 4.49. The van der Waals surface area contributed by atoms with E-state index >= 15 is 0 Å². The molecule has 0 amide bonds. The molecule has 0 radical (unpaired) electrons. The molecule has 1 aliphatic carbocycles. The van der Waals surface area contributed by atoms with E-state index in [0.29, 0.717) is 11.2 Å². The minimum Gasteiger partial charge on any atom is -0.0897 e. The molecule has 16 heavy (non-hydrogen) atoms. The predicted octanol–water partition coefficient (Wildman–Crippen LogP) is 3.90. The van der Waals surface area contributed by atoms with E-state index in [1.165, 1.54) is 24.1 Å². The number of hydrogen-bond acceptors (Lipinski definition) is 1. The van der Waals surface area contributed by atoms with Crippen LogP contribution in [0, 0.1) is 23.7 Å². The lowest BCUT2D eigenvalue weighted by molar-refractivity contribution is 0.301. The Hall–Kier alpha value is 0.155. The Morgan fingerprint density at radius 2 is 1.94 bits per heavy atom. The van der Waals surface area contributed by atoms with Crippen LogP contribution in [0.15, 0.2) is 0 Å². The van der Waals surface area contributed by atoms with Crippen LogP contribution >= 0.6 is 12.2 Å². The minimum absolute atomic E-state index is 0.506. The molecule has 1 fully saturated rings. The fourth-order valence-corrected chi connectivity index (χ4v) is 3.45. The average Bonchev–Trinajstić information content (AvgIpc) is 2.41. The van der Waals surface area contributed by atoms with Crippen molar-refractivity contribution >= 4 is 24.9 Å². The van der Waals surface area contributed by atoms with Crippen LogP contribution in [0.5, 0.6) is 0 Å². The van der Waals surface area contributed by atoms with Crippen molar-refractivity contribution < 1.29 is 0 Å². The van der Waals surface area contributed by atoms with E-state index < -0.39 is 0 Å². The Bertz CT molecular complexity index is 257. The van der Waals surface area contributed by atoms with E-state index in [1.807, 2.05) is 0 Å². The lowest BCUT2D eigenvalue weighted by atomic mass is 9.68. The molecule has 4 atom stereocenters. The van der Waals surface area contributed by atoms with Gasteiger partial charge in [-0.15, -0.1) is 0 Å². The zero-order valence-corrected chi connectivity index (χ0v) is 12.7. The molecule has 1 saturated carbocycles. The van der Waals surface area contributed by atoms with Crippen LogP contribution in [-0.4, -0.2) is 12.7 Å². The summed E-state index contributed by atoms with van der Waals surface area (Å²) in [5, 5.41) is 0.506. The quantitative estimate of drug-likeness (QED) is 0.528. The molecular weight excluding hydrogens is 211 g/mol. The summed E-state index contributed by atoms with van der Waals surface area (Å²) < 4.78 is 0. The largest absolute Gasteiger partial charge is 0.109 e. The van der Waals surface area contributed by atoms with Gasteiger partial charge in [-0.05, 0) is 48.3 Å². The highest BCUT2D eigenvalue weighted by atomic mass is 32.1. The van der Waals surface area contributed by atoms with Gasteiger partial charge in [-0.2, -0.15) is 0 Å². The van der Waals surface area contributed by atoms with Crippen LogP contribution in [0.2, 0.25) is 5.31 Å². The van der Waals surface area contributed by atoms with Crippen molar-refractivity contribution in [1.29, 1.82) is 0 Å². The Morgan fingerprint density at radius 1 is 1.38 bits per heavy atom. The minimum atomic E-state index is 0.506. The fourth-order valence-electron chi connectivity index (χ4n) is 3.17. The molecule has 0 nitrogen and oxygen atoms in total. The molecule has 0 aliphatic heterocycles. The molecule has 0 spiro atoms. The maximum atomic E-state index is 5.45. The number of thiocarbonyl (C=S) groups is 1. The second-order valence-electron chi connectivity index (χ2n) is 7.01. The van der Waals surface area contributed by atoms with Crippen LogP contribution in [0.1, 0.15) is 53.9 Å². The van der Waals surface area contributed by atoms with Gasteiger partial charge < -0.3 is 0 Å². The summed E-state index contributed by atoms with van der Waals surface area (Å²) in [4.78, 5) is 1.24. The van der Waals surface area contributed by atoms with E-state index in [9.17, 15) is 0 Å². The third-order valence-corrected chi connectivity index (χ3v) is 4.79. The van der Waals surface area contributed by atoms with Gasteiger partial charge >= 0.3 is 0 Å². The van der Waals surface area contributed by atoms with Crippen molar-refractivity contribution in [2.45, 2.75) is 59.2 Å². The predicted molar refractivity (Wildman–Crippen MR) is 80.0 cm³/mol. The smallest absolute Gasteiger partial charge is 0.0897 e. The van der Waals surface area contributed by atoms with Gasteiger partial charge in [0.25, 0.3) is 0 Å². The van der Waals surface area contributed by atoms with Gasteiger partial charge in [0.15, 0.2) is 0 Å². The second-order valence-corrected chi connectivity index (χ2v) is 7.65. The van der Waals surface area contributed by atoms with Crippen LogP contribution < -0.4 is 0 Å². The average molecular weight is 238 g/mol. The maximum Gasteiger partial charge on any atom is 0.109 e. The molecule has 0 aromatic rings. The van der Waals surface area contributed by atoms with Gasteiger partial charge in [0.2, 0.25) is 0 Å². The van der Waals surface area contributed by atoms with Gasteiger partial charge in [0, 0.05) is 0 Å². The fraction of sp³-hybridized carbons (Fsp3) is 0.929. The van der Waals surface area contributed by atoms with E-state index in [2.05, 4.69) is 42.5 Å². The highest BCUT2D eigenvalue weighted by molar-refractivity contribution is 7.80. The molecule has 0 aromatic heterocycles. The molecule has 0 bridgehead atoms. The van der Waals surface area contributed by atoms with Crippen molar-refractivity contribution in [1.82, 2.24) is 0 Å². The third kappa shape index (κ3) is 3.58. The van der Waals surface area contributed by atoms with Crippen LogP contribution in [0.3, 0.4) is 0 Å². The molecule has 0 heterocycles. The van der Waals surface area contributed by atoms with Crippen LogP contribution in [0.4, 0.5) is 0 Å². The first-order valence-electron chi connectivity index (χ1n) is 6.73. The summed E-state index contributed by atoms with van der Waals surface area (Å²) in [5.41, 5.74) is 0. The molecule has 1 rings (SSSR count). The first-order valence-corrected chi connectivity index (χ1v) is 7.14. The van der Waals surface area contributed by atoms with Gasteiger partial charge in [-0.3, -0.25) is 0 Å². The van der Waals surface area contributed by atoms with E-state index in [0.717, 1.165) is 17.8 Å². The summed E-state index contributed by atoms with van der Waals surface area (Å²) in [6.45, 7) is 11.6. The summed E-state index contributed by atoms with van der Waals surface area (Å²) in [6, 6.07) is 0. The molecule has 92 valence electrons. The van der Waals surface area contributed by atoms with Crippen molar-refractivity contribution in [3.8, 4) is 0 Å². The van der Waals surface area contributed by atoms with Crippen molar-refractivity contribution in [3.05, 3.63) is 0 Å². The van der Waals surface area contributed by atoms with Crippen LogP contribution in [0.25, 0.3) is 0 Å². The number of hydrogen-bond donors (Lipinski definition) is 0. The lowest BCUT2D eigenvalue weighted by Gasteiger charge is -2.24. The van der Waals surface area contributed by atoms with Crippen molar-refractivity contribution in [2.75, 3.05) is 0 Å². The second kappa shape index (κ2) is 5.20.